The van der Waals surface area contributed by atoms with Crippen LogP contribution in [0.15, 0.2) is 17.1 Å². The van der Waals surface area contributed by atoms with Crippen molar-refractivity contribution in [3.8, 4) is 0 Å². The van der Waals surface area contributed by atoms with E-state index in [9.17, 15) is 40.8 Å². The first-order valence-electron chi connectivity index (χ1n) is 6.78. The van der Waals surface area contributed by atoms with Crippen LogP contribution in [0.4, 0.5) is 36.4 Å². The number of nitro groups is 1. The largest absolute Gasteiger partial charge is 0.460 e. The second-order valence-electron chi connectivity index (χ2n) is 5.19. The molecule has 0 fully saturated rings. The summed E-state index contributed by atoms with van der Waals surface area (Å²) in [6, 6.07) is 2.07. The first kappa shape index (κ1) is 19.8. The summed E-state index contributed by atoms with van der Waals surface area (Å²) in [5.74, 6) is -13.8. The zero-order valence-corrected chi connectivity index (χ0v) is 12.8. The van der Waals surface area contributed by atoms with Crippen molar-refractivity contribution in [2.75, 3.05) is 6.67 Å². The van der Waals surface area contributed by atoms with Gasteiger partial charge < -0.3 is 0 Å². The summed E-state index contributed by atoms with van der Waals surface area (Å²) in [5.41, 5.74) is 1.58. The molecule has 7 nitrogen and oxygen atoms in total. The zero-order chi connectivity index (χ0) is 19.9. The molecule has 1 aliphatic rings. The second kappa shape index (κ2) is 6.34. The van der Waals surface area contributed by atoms with E-state index in [0.717, 1.165) is 12.1 Å². The molecule has 0 spiro atoms. The lowest BCUT2D eigenvalue weighted by Gasteiger charge is -2.31. The summed E-state index contributed by atoms with van der Waals surface area (Å²) in [6.45, 7) is -0.0630. The van der Waals surface area contributed by atoms with Gasteiger partial charge in [-0.05, 0) is 13.0 Å². The van der Waals surface area contributed by atoms with Gasteiger partial charge in [0.05, 0.1) is 17.2 Å². The van der Waals surface area contributed by atoms with Crippen molar-refractivity contribution in [2.24, 2.45) is 4.99 Å². The molecule has 26 heavy (non-hydrogen) atoms. The molecular weight excluding hydrogens is 379 g/mol. The van der Waals surface area contributed by atoms with E-state index >= 15 is 0 Å². The highest BCUT2D eigenvalue weighted by molar-refractivity contribution is 5.90. The van der Waals surface area contributed by atoms with Gasteiger partial charge in [0.25, 0.3) is 5.69 Å². The molecule has 14 heteroatoms. The van der Waals surface area contributed by atoms with E-state index in [-0.39, 0.29) is 17.1 Å². The van der Waals surface area contributed by atoms with Crippen LogP contribution in [0.2, 0.25) is 0 Å². The van der Waals surface area contributed by atoms with Gasteiger partial charge in [-0.25, -0.2) is 15.4 Å². The topological polar surface area (TPSA) is 83.7 Å². The number of pyridine rings is 1. The maximum absolute atomic E-state index is 13.8. The number of alkyl halides is 7. The number of aromatic nitrogens is 1. The van der Waals surface area contributed by atoms with Crippen molar-refractivity contribution in [3.63, 3.8) is 0 Å². The molecule has 1 aromatic heterocycles. The van der Waals surface area contributed by atoms with Crippen molar-refractivity contribution in [3.05, 3.63) is 33.6 Å². The number of nitrogens with one attached hydrogen (secondary N) is 1. The number of hydrogen-bond donors (Lipinski definition) is 1. The van der Waals surface area contributed by atoms with Crippen LogP contribution in [-0.2, 0) is 6.54 Å². The van der Waals surface area contributed by atoms with Crippen molar-refractivity contribution in [1.29, 1.82) is 0 Å². The maximum Gasteiger partial charge on any atom is 0.460 e. The minimum atomic E-state index is -6.49. The molecular formula is C12H10F7N5O2. The molecule has 144 valence electrons. The average Bonchev–Trinajstić information content (AvgIpc) is 2.94. The molecule has 1 aromatic rings. The van der Waals surface area contributed by atoms with Gasteiger partial charge in [-0.3, -0.25) is 15.1 Å². The Kier molecular flexibility index (Phi) is 4.83. The Bertz CT molecular complexity index is 750. The van der Waals surface area contributed by atoms with Gasteiger partial charge in [-0.1, -0.05) is 0 Å². The molecule has 0 radical (unpaired) electrons. The maximum atomic E-state index is 13.8. The van der Waals surface area contributed by atoms with E-state index < -0.39 is 42.0 Å². The monoisotopic (exact) mass is 389 g/mol. The van der Waals surface area contributed by atoms with Crippen LogP contribution >= 0.6 is 0 Å². The van der Waals surface area contributed by atoms with Gasteiger partial charge in [0.1, 0.15) is 12.4 Å². The standard InChI is InChI=1S/C12H10F7N5O2/c1-6-8(24(25)26)3-2-7(22-6)4-23-9(20-5-21-23)10(13,14)11(15,16)12(17,18)19/h2-3,21H,4-5H2,1H3. The van der Waals surface area contributed by atoms with Crippen LogP contribution < -0.4 is 5.43 Å². The molecule has 0 saturated carbocycles. The van der Waals surface area contributed by atoms with Crippen molar-refractivity contribution in [1.82, 2.24) is 15.4 Å². The molecule has 0 saturated heterocycles. The van der Waals surface area contributed by atoms with Crippen LogP contribution in [0.5, 0.6) is 0 Å². The molecule has 0 atom stereocenters. The van der Waals surface area contributed by atoms with Gasteiger partial charge in [0, 0.05) is 6.07 Å². The predicted octanol–water partition coefficient (Wildman–Crippen LogP) is 2.81. The van der Waals surface area contributed by atoms with Gasteiger partial charge in [-0.15, -0.1) is 0 Å². The van der Waals surface area contributed by atoms with Crippen LogP contribution in [-0.4, -0.2) is 45.4 Å². The third kappa shape index (κ3) is 3.27. The highest BCUT2D eigenvalue weighted by Gasteiger charge is 2.76. The van der Waals surface area contributed by atoms with Gasteiger partial charge in [0.15, 0.2) is 5.84 Å². The zero-order valence-electron chi connectivity index (χ0n) is 12.8. The van der Waals surface area contributed by atoms with Gasteiger partial charge >= 0.3 is 18.0 Å². The first-order valence-corrected chi connectivity index (χ1v) is 6.78. The molecule has 2 rings (SSSR count). The number of hydrogen-bond acceptors (Lipinski definition) is 6. The average molecular weight is 389 g/mol. The fraction of sp³-hybridized carbons (Fsp3) is 0.500. The van der Waals surface area contributed by atoms with E-state index in [1.807, 2.05) is 0 Å². The Morgan fingerprint density at radius 3 is 2.35 bits per heavy atom. The van der Waals surface area contributed by atoms with E-state index in [4.69, 9.17) is 0 Å². The number of rotatable bonds is 5. The molecule has 0 aromatic carbocycles. The predicted molar refractivity (Wildman–Crippen MR) is 72.6 cm³/mol. The van der Waals surface area contributed by atoms with E-state index in [1.165, 1.54) is 6.92 Å². The van der Waals surface area contributed by atoms with Gasteiger partial charge in [0.2, 0.25) is 0 Å². The first-order chi connectivity index (χ1) is 11.8. The molecule has 0 amide bonds. The fourth-order valence-electron chi connectivity index (χ4n) is 2.12. The Morgan fingerprint density at radius 2 is 1.85 bits per heavy atom. The highest BCUT2D eigenvalue weighted by Crippen LogP contribution is 2.47. The van der Waals surface area contributed by atoms with Crippen LogP contribution in [0.25, 0.3) is 0 Å². The molecule has 2 heterocycles. The molecule has 0 bridgehead atoms. The number of aliphatic imine (C=N–C) groups is 1. The van der Waals surface area contributed by atoms with Crippen molar-refractivity contribution in [2.45, 2.75) is 31.5 Å². The SMILES string of the molecule is Cc1nc(CN2NCN=C2C(F)(F)C(F)(F)C(F)(F)F)ccc1[N+](=O)[O-]. The second-order valence-corrected chi connectivity index (χ2v) is 5.19. The van der Waals surface area contributed by atoms with Gasteiger partial charge in [-0.2, -0.15) is 30.7 Å². The molecule has 0 unspecified atom stereocenters. The number of nitrogens with zero attached hydrogens (tertiary/aromatic N) is 4. The normalized spacial score (nSPS) is 16.0. The number of aryl methyl sites for hydroxylation is 1. The number of hydrazine groups is 1. The minimum absolute atomic E-state index is 0.0821. The fourth-order valence-corrected chi connectivity index (χ4v) is 2.12. The highest BCUT2D eigenvalue weighted by atomic mass is 19.4. The lowest BCUT2D eigenvalue weighted by Crippen LogP contribution is -2.60. The summed E-state index contributed by atoms with van der Waals surface area (Å²) in [7, 11) is 0. The summed E-state index contributed by atoms with van der Waals surface area (Å²) in [4.78, 5) is 16.7. The summed E-state index contributed by atoms with van der Waals surface area (Å²) in [6.07, 6.45) is -6.49. The number of amidine groups is 1. The minimum Gasteiger partial charge on any atom is -0.283 e. The molecule has 1 N–H and O–H groups in total. The Morgan fingerprint density at radius 1 is 1.23 bits per heavy atom. The number of halogens is 7. The summed E-state index contributed by atoms with van der Waals surface area (Å²) in [5, 5.41) is 11.0. The molecule has 0 aliphatic carbocycles. The Labute approximate surface area is 140 Å². The van der Waals surface area contributed by atoms with E-state index in [1.54, 1.807) is 0 Å². The third-order valence-corrected chi connectivity index (χ3v) is 3.41. The van der Waals surface area contributed by atoms with Crippen LogP contribution in [0, 0.1) is 17.0 Å². The van der Waals surface area contributed by atoms with Crippen molar-refractivity contribution >= 4 is 11.5 Å². The Balaban J connectivity index is 2.28. The lowest BCUT2D eigenvalue weighted by molar-refractivity contribution is -0.385. The Hall–Kier alpha value is -2.51. The summed E-state index contributed by atoms with van der Waals surface area (Å²) >= 11 is 0. The lowest BCUT2D eigenvalue weighted by atomic mass is 10.1. The van der Waals surface area contributed by atoms with E-state index in [0.29, 0.717) is 5.01 Å². The third-order valence-electron chi connectivity index (χ3n) is 3.41. The molecule has 1 aliphatic heterocycles. The van der Waals surface area contributed by atoms with Crippen LogP contribution in [0.3, 0.4) is 0 Å². The smallest absolute Gasteiger partial charge is 0.283 e. The summed E-state index contributed by atoms with van der Waals surface area (Å²) < 4.78 is 90.9. The quantitative estimate of drug-likeness (QED) is 0.476. The van der Waals surface area contributed by atoms with Crippen LogP contribution in [0.1, 0.15) is 11.4 Å². The van der Waals surface area contributed by atoms with E-state index in [2.05, 4.69) is 15.4 Å². The van der Waals surface area contributed by atoms with Crippen molar-refractivity contribution < 1.29 is 35.7 Å².